The van der Waals surface area contributed by atoms with Gasteiger partial charge >= 0.3 is 5.97 Å². The molecule has 0 aromatic heterocycles. The van der Waals surface area contributed by atoms with E-state index in [9.17, 15) is 19.5 Å². The van der Waals surface area contributed by atoms with Gasteiger partial charge in [0.05, 0.1) is 30.8 Å². The highest BCUT2D eigenvalue weighted by molar-refractivity contribution is 5.99. The zero-order valence-electron chi connectivity index (χ0n) is 24.0. The third-order valence-electron chi connectivity index (χ3n) is 9.37. The molecule has 8 heteroatoms. The standard InChI is InChI=1S/C30H48N2O6/c1-8-13-18-37-28(36)24-23-26(34)32(22(19-33)20(6)11-4)25(30(23)16-15-29(24,12-5)38-30)27(35)31(17-10-3)21(7)14-9-2/h8,10,20-25,33H,1,3,9,11-19H2,2,4-7H3/t20-,21?,22-,23-,24-,25?,29+,30?/m0/s1. The van der Waals surface area contributed by atoms with Crippen LogP contribution in [0.4, 0.5) is 0 Å². The first-order valence-corrected chi connectivity index (χ1v) is 14.5. The zero-order valence-corrected chi connectivity index (χ0v) is 24.0. The average molecular weight is 533 g/mol. The minimum atomic E-state index is -1.14. The molecule has 8 nitrogen and oxygen atoms in total. The van der Waals surface area contributed by atoms with E-state index < -0.39 is 41.1 Å². The number of amides is 2. The quantitative estimate of drug-likeness (QED) is 0.195. The van der Waals surface area contributed by atoms with Crippen molar-refractivity contribution < 1.29 is 29.0 Å². The molecule has 1 N–H and O–H groups in total. The van der Waals surface area contributed by atoms with Crippen LogP contribution in [0.5, 0.6) is 0 Å². The first kappa shape index (κ1) is 30.4. The van der Waals surface area contributed by atoms with Gasteiger partial charge in [-0.1, -0.05) is 52.7 Å². The Morgan fingerprint density at radius 1 is 1.24 bits per heavy atom. The van der Waals surface area contributed by atoms with E-state index in [2.05, 4.69) is 20.1 Å². The molecule has 0 aromatic rings. The Morgan fingerprint density at radius 2 is 1.95 bits per heavy atom. The topological polar surface area (TPSA) is 96.4 Å². The second kappa shape index (κ2) is 12.3. The van der Waals surface area contributed by atoms with Crippen LogP contribution in [0.25, 0.3) is 0 Å². The van der Waals surface area contributed by atoms with Gasteiger partial charge in [0.2, 0.25) is 11.8 Å². The Bertz CT molecular complexity index is 907. The van der Waals surface area contributed by atoms with Crippen molar-refractivity contribution in [3.05, 3.63) is 25.3 Å². The first-order valence-electron chi connectivity index (χ1n) is 14.5. The second-order valence-corrected chi connectivity index (χ2v) is 11.4. The molecule has 2 bridgehead atoms. The molecular formula is C30H48N2O6. The van der Waals surface area contributed by atoms with Crippen LogP contribution < -0.4 is 0 Å². The fraction of sp³-hybridized carbons (Fsp3) is 0.767. The van der Waals surface area contributed by atoms with E-state index in [1.54, 1.807) is 22.0 Å². The molecule has 3 rings (SSSR count). The summed E-state index contributed by atoms with van der Waals surface area (Å²) in [7, 11) is 0. The number of carbonyl (C=O) groups is 3. The number of aliphatic hydroxyl groups is 1. The molecule has 3 saturated heterocycles. The molecule has 3 aliphatic rings. The van der Waals surface area contributed by atoms with Gasteiger partial charge in [0.15, 0.2) is 0 Å². The normalized spacial score (nSPS) is 32.0. The Balaban J connectivity index is 2.15. The van der Waals surface area contributed by atoms with Gasteiger partial charge in [0.1, 0.15) is 17.6 Å². The van der Waals surface area contributed by atoms with Crippen molar-refractivity contribution in [3.8, 4) is 0 Å². The molecule has 2 amide bonds. The molecule has 214 valence electrons. The van der Waals surface area contributed by atoms with Gasteiger partial charge in [-0.15, -0.1) is 13.2 Å². The minimum Gasteiger partial charge on any atom is -0.465 e. The Labute approximate surface area is 228 Å². The summed E-state index contributed by atoms with van der Waals surface area (Å²) in [5.74, 6) is -2.61. The van der Waals surface area contributed by atoms with Crippen molar-refractivity contribution in [2.45, 2.75) is 109 Å². The molecule has 0 radical (unpaired) electrons. The predicted molar refractivity (Wildman–Crippen MR) is 146 cm³/mol. The largest absolute Gasteiger partial charge is 0.465 e. The van der Waals surface area contributed by atoms with E-state index >= 15 is 0 Å². The number of aliphatic hydroxyl groups excluding tert-OH is 1. The molecule has 38 heavy (non-hydrogen) atoms. The number of fused-ring (bicyclic) bond motifs is 1. The molecule has 0 aliphatic carbocycles. The molecule has 8 atom stereocenters. The molecule has 1 spiro atoms. The highest BCUT2D eigenvalue weighted by Gasteiger charge is 2.79. The molecule has 3 aliphatic heterocycles. The monoisotopic (exact) mass is 532 g/mol. The van der Waals surface area contributed by atoms with Crippen LogP contribution in [0.1, 0.15) is 79.6 Å². The highest BCUT2D eigenvalue weighted by Crippen LogP contribution is 2.65. The maximum absolute atomic E-state index is 14.5. The third-order valence-corrected chi connectivity index (χ3v) is 9.37. The second-order valence-electron chi connectivity index (χ2n) is 11.4. The molecule has 0 aromatic carbocycles. The lowest BCUT2D eigenvalue weighted by Crippen LogP contribution is -2.61. The van der Waals surface area contributed by atoms with Gasteiger partial charge in [-0.2, -0.15) is 0 Å². The Morgan fingerprint density at radius 3 is 2.50 bits per heavy atom. The van der Waals surface area contributed by atoms with Crippen LogP contribution in [0.3, 0.4) is 0 Å². The molecule has 3 heterocycles. The summed E-state index contributed by atoms with van der Waals surface area (Å²) in [4.78, 5) is 45.9. The third kappa shape index (κ3) is 4.83. The van der Waals surface area contributed by atoms with Crippen LogP contribution in [-0.4, -0.2) is 81.8 Å². The maximum Gasteiger partial charge on any atom is 0.312 e. The van der Waals surface area contributed by atoms with Crippen LogP contribution >= 0.6 is 0 Å². The lowest BCUT2D eigenvalue weighted by Gasteiger charge is -2.42. The number of likely N-dealkylation sites (tertiary alicyclic amines) is 1. The van der Waals surface area contributed by atoms with Crippen molar-refractivity contribution in [2.75, 3.05) is 19.8 Å². The van der Waals surface area contributed by atoms with Crippen molar-refractivity contribution in [1.82, 2.24) is 9.80 Å². The number of nitrogens with zero attached hydrogens (tertiary/aromatic N) is 2. The van der Waals surface area contributed by atoms with Crippen LogP contribution in [-0.2, 0) is 23.9 Å². The lowest BCUT2D eigenvalue weighted by atomic mass is 9.65. The van der Waals surface area contributed by atoms with Crippen molar-refractivity contribution in [1.29, 1.82) is 0 Å². The number of hydrogen-bond acceptors (Lipinski definition) is 6. The molecular weight excluding hydrogens is 484 g/mol. The van der Waals surface area contributed by atoms with E-state index in [1.807, 2.05) is 27.7 Å². The first-order chi connectivity index (χ1) is 18.1. The Hall–Kier alpha value is -2.19. The van der Waals surface area contributed by atoms with Gasteiger partial charge in [-0.25, -0.2) is 0 Å². The maximum atomic E-state index is 14.5. The summed E-state index contributed by atoms with van der Waals surface area (Å²) in [5.41, 5.74) is -1.99. The van der Waals surface area contributed by atoms with Gasteiger partial charge in [-0.3, -0.25) is 14.4 Å². The van der Waals surface area contributed by atoms with E-state index in [1.165, 1.54) is 0 Å². The van der Waals surface area contributed by atoms with Gasteiger partial charge in [0.25, 0.3) is 0 Å². The van der Waals surface area contributed by atoms with Crippen LogP contribution in [0.2, 0.25) is 0 Å². The average Bonchev–Trinajstić information content (AvgIpc) is 3.51. The molecule has 3 fully saturated rings. The lowest BCUT2D eigenvalue weighted by molar-refractivity contribution is -0.164. The van der Waals surface area contributed by atoms with E-state index in [0.717, 1.165) is 19.3 Å². The fourth-order valence-electron chi connectivity index (χ4n) is 7.16. The summed E-state index contributed by atoms with van der Waals surface area (Å²) in [6, 6.07) is -1.55. The summed E-state index contributed by atoms with van der Waals surface area (Å²) in [6.45, 7) is 17.9. The van der Waals surface area contributed by atoms with Crippen LogP contribution in [0, 0.1) is 17.8 Å². The van der Waals surface area contributed by atoms with Crippen LogP contribution in [0.15, 0.2) is 25.3 Å². The van der Waals surface area contributed by atoms with E-state index in [-0.39, 0.29) is 37.0 Å². The summed E-state index contributed by atoms with van der Waals surface area (Å²) in [5, 5.41) is 10.5. The van der Waals surface area contributed by atoms with Gasteiger partial charge in [-0.05, 0) is 44.9 Å². The van der Waals surface area contributed by atoms with E-state index in [4.69, 9.17) is 9.47 Å². The van der Waals surface area contributed by atoms with Gasteiger partial charge in [0, 0.05) is 12.6 Å². The van der Waals surface area contributed by atoms with E-state index in [0.29, 0.717) is 32.2 Å². The smallest absolute Gasteiger partial charge is 0.312 e. The minimum absolute atomic E-state index is 0.0503. The number of esters is 1. The summed E-state index contributed by atoms with van der Waals surface area (Å²) in [6.07, 6.45) is 7.96. The molecule has 0 saturated carbocycles. The Kier molecular flexibility index (Phi) is 9.85. The number of rotatable bonds is 15. The van der Waals surface area contributed by atoms with Crippen molar-refractivity contribution in [2.24, 2.45) is 17.8 Å². The molecule has 3 unspecified atom stereocenters. The number of carbonyl (C=O) groups excluding carboxylic acids is 3. The van der Waals surface area contributed by atoms with Crippen molar-refractivity contribution >= 4 is 17.8 Å². The highest BCUT2D eigenvalue weighted by atomic mass is 16.6. The SMILES string of the molecule is C=CCCOC(=O)[C@@H]1[C@H]2C(=O)N([C@@H](CO)[C@@H](C)CC)C(C(=O)N(CC=C)C(C)CCC)C23CC[C@@]1(CC)O3. The summed E-state index contributed by atoms with van der Waals surface area (Å²) >= 11 is 0. The van der Waals surface area contributed by atoms with Crippen molar-refractivity contribution in [3.63, 3.8) is 0 Å². The number of hydrogen-bond donors (Lipinski definition) is 1. The number of ether oxygens (including phenoxy) is 2. The summed E-state index contributed by atoms with van der Waals surface area (Å²) < 4.78 is 12.5. The zero-order chi connectivity index (χ0) is 28.3. The van der Waals surface area contributed by atoms with Gasteiger partial charge < -0.3 is 24.4 Å². The predicted octanol–water partition coefficient (Wildman–Crippen LogP) is 3.87. The fourth-order valence-corrected chi connectivity index (χ4v) is 7.16.